The molecule has 1 aromatic heterocycles. The van der Waals surface area contributed by atoms with Gasteiger partial charge < -0.3 is 15.6 Å². The van der Waals surface area contributed by atoms with E-state index in [4.69, 9.17) is 12.2 Å². The lowest BCUT2D eigenvalue weighted by Crippen LogP contribution is -2.28. The van der Waals surface area contributed by atoms with Crippen molar-refractivity contribution in [3.05, 3.63) is 12.4 Å². The van der Waals surface area contributed by atoms with Crippen LogP contribution in [0.3, 0.4) is 0 Å². The summed E-state index contributed by atoms with van der Waals surface area (Å²) in [5, 5.41) is 6.41. The molecule has 3 N–H and O–H groups in total. The summed E-state index contributed by atoms with van der Waals surface area (Å²) < 4.78 is 0. The molecule has 0 atom stereocenters. The van der Waals surface area contributed by atoms with Gasteiger partial charge in [0.2, 0.25) is 5.95 Å². The average Bonchev–Trinajstić information content (AvgIpc) is 2.40. The summed E-state index contributed by atoms with van der Waals surface area (Å²) >= 11 is 4.92. The van der Waals surface area contributed by atoms with Crippen LogP contribution in [0.1, 0.15) is 6.92 Å². The Morgan fingerprint density at radius 2 is 2.64 bits per heavy atom. The van der Waals surface area contributed by atoms with Crippen LogP contribution in [0.15, 0.2) is 12.4 Å². The molecule has 0 unspecified atom stereocenters. The van der Waals surface area contributed by atoms with E-state index in [2.05, 4.69) is 20.6 Å². The van der Waals surface area contributed by atoms with E-state index in [9.17, 15) is 0 Å². The van der Waals surface area contributed by atoms with Gasteiger partial charge in [-0.25, -0.2) is 4.98 Å². The van der Waals surface area contributed by atoms with E-state index in [0.29, 0.717) is 11.1 Å². The monoisotopic (exact) mass is 170 g/mol. The van der Waals surface area contributed by atoms with Crippen molar-refractivity contribution in [2.24, 2.45) is 0 Å². The number of aromatic nitrogens is 2. The van der Waals surface area contributed by atoms with Crippen LogP contribution in [0.4, 0.5) is 5.95 Å². The first-order chi connectivity index (χ1) is 5.33. The van der Waals surface area contributed by atoms with Gasteiger partial charge in [-0.05, 0) is 19.1 Å². The largest absolute Gasteiger partial charge is 0.363 e. The molecule has 60 valence electrons. The Kier molecular flexibility index (Phi) is 2.85. The van der Waals surface area contributed by atoms with E-state index >= 15 is 0 Å². The number of nitrogens with zero attached hydrogens (tertiary/aromatic N) is 1. The molecule has 0 amide bonds. The third-order valence-corrected chi connectivity index (χ3v) is 1.31. The van der Waals surface area contributed by atoms with Gasteiger partial charge in [-0.15, -0.1) is 0 Å². The van der Waals surface area contributed by atoms with E-state index in [-0.39, 0.29) is 0 Å². The van der Waals surface area contributed by atoms with Gasteiger partial charge in [0.05, 0.1) is 0 Å². The second kappa shape index (κ2) is 3.92. The molecule has 0 spiro atoms. The Labute approximate surface area is 70.4 Å². The molecule has 1 aromatic rings. The van der Waals surface area contributed by atoms with Crippen molar-refractivity contribution in [2.75, 3.05) is 11.9 Å². The van der Waals surface area contributed by atoms with Gasteiger partial charge in [0.25, 0.3) is 0 Å². The second-order valence-electron chi connectivity index (χ2n) is 1.92. The first-order valence-electron chi connectivity index (χ1n) is 3.37. The van der Waals surface area contributed by atoms with Crippen LogP contribution in [-0.2, 0) is 0 Å². The summed E-state index contributed by atoms with van der Waals surface area (Å²) in [4.78, 5) is 6.82. The van der Waals surface area contributed by atoms with E-state index in [1.807, 2.05) is 6.92 Å². The van der Waals surface area contributed by atoms with Crippen molar-refractivity contribution >= 4 is 23.3 Å². The molecule has 0 aliphatic rings. The fourth-order valence-electron chi connectivity index (χ4n) is 0.646. The molecule has 11 heavy (non-hydrogen) atoms. The van der Waals surface area contributed by atoms with Crippen LogP contribution in [0.5, 0.6) is 0 Å². The molecule has 0 aromatic carbocycles. The van der Waals surface area contributed by atoms with Crippen LogP contribution >= 0.6 is 12.2 Å². The van der Waals surface area contributed by atoms with Crippen molar-refractivity contribution < 1.29 is 0 Å². The van der Waals surface area contributed by atoms with Gasteiger partial charge in [0, 0.05) is 18.9 Å². The highest BCUT2D eigenvalue weighted by Crippen LogP contribution is 1.93. The van der Waals surface area contributed by atoms with Crippen molar-refractivity contribution in [2.45, 2.75) is 6.92 Å². The zero-order valence-electron chi connectivity index (χ0n) is 6.22. The predicted molar refractivity (Wildman–Crippen MR) is 48.5 cm³/mol. The van der Waals surface area contributed by atoms with Gasteiger partial charge in [0.1, 0.15) is 0 Å². The molecular weight excluding hydrogens is 160 g/mol. The Morgan fingerprint density at radius 1 is 1.82 bits per heavy atom. The Morgan fingerprint density at radius 3 is 3.18 bits per heavy atom. The summed E-state index contributed by atoms with van der Waals surface area (Å²) in [6.07, 6.45) is 3.40. The van der Waals surface area contributed by atoms with Gasteiger partial charge in [-0.1, -0.05) is 0 Å². The third-order valence-electron chi connectivity index (χ3n) is 1.07. The average molecular weight is 170 g/mol. The number of hydrogen-bond acceptors (Lipinski definition) is 2. The summed E-state index contributed by atoms with van der Waals surface area (Å²) in [6, 6.07) is 0. The Bertz CT molecular complexity index is 218. The molecule has 0 bridgehead atoms. The maximum Gasteiger partial charge on any atom is 0.206 e. The van der Waals surface area contributed by atoms with Gasteiger partial charge in [-0.3, -0.25) is 0 Å². The molecule has 1 heterocycles. The number of hydrogen-bond donors (Lipinski definition) is 3. The zero-order valence-corrected chi connectivity index (χ0v) is 7.03. The number of thiocarbonyl (C=S) groups is 1. The highest BCUT2D eigenvalue weighted by atomic mass is 32.1. The second-order valence-corrected chi connectivity index (χ2v) is 2.33. The molecule has 0 radical (unpaired) electrons. The number of rotatable bonds is 2. The molecule has 0 fully saturated rings. The van der Waals surface area contributed by atoms with Gasteiger partial charge in [0.15, 0.2) is 5.11 Å². The molecule has 1 rings (SSSR count). The smallest absolute Gasteiger partial charge is 0.206 e. The Balaban J connectivity index is 2.37. The number of nitrogens with one attached hydrogen (secondary N) is 3. The molecule has 0 aliphatic heterocycles. The minimum absolute atomic E-state index is 0.586. The quantitative estimate of drug-likeness (QED) is 0.572. The lowest BCUT2D eigenvalue weighted by molar-refractivity contribution is 0.977. The lowest BCUT2D eigenvalue weighted by Gasteiger charge is -2.04. The third kappa shape index (κ3) is 2.55. The SMILES string of the molecule is CCNC(=S)Nc1ncc[nH]1. The van der Waals surface area contributed by atoms with E-state index in [1.165, 1.54) is 0 Å². The van der Waals surface area contributed by atoms with Crippen LogP contribution in [0, 0.1) is 0 Å². The maximum absolute atomic E-state index is 4.92. The van der Waals surface area contributed by atoms with Crippen LogP contribution in [0.25, 0.3) is 0 Å². The predicted octanol–water partition coefficient (Wildman–Crippen LogP) is 0.716. The van der Waals surface area contributed by atoms with Gasteiger partial charge >= 0.3 is 0 Å². The maximum atomic E-state index is 4.92. The molecule has 0 saturated carbocycles. The summed E-state index contributed by atoms with van der Waals surface area (Å²) in [5.74, 6) is 0.663. The van der Waals surface area contributed by atoms with E-state index in [0.717, 1.165) is 6.54 Å². The normalized spacial score (nSPS) is 9.18. The summed E-state index contributed by atoms with van der Waals surface area (Å²) in [5.41, 5.74) is 0. The highest BCUT2D eigenvalue weighted by Gasteiger charge is 1.94. The van der Waals surface area contributed by atoms with Crippen LogP contribution < -0.4 is 10.6 Å². The summed E-state index contributed by atoms with van der Waals surface area (Å²) in [6.45, 7) is 2.79. The van der Waals surface area contributed by atoms with Gasteiger partial charge in [-0.2, -0.15) is 0 Å². The van der Waals surface area contributed by atoms with Crippen molar-refractivity contribution in [1.29, 1.82) is 0 Å². The number of aromatic amines is 1. The minimum atomic E-state index is 0.586. The van der Waals surface area contributed by atoms with Crippen molar-refractivity contribution in [3.63, 3.8) is 0 Å². The van der Waals surface area contributed by atoms with Crippen molar-refractivity contribution in [1.82, 2.24) is 15.3 Å². The van der Waals surface area contributed by atoms with Crippen molar-refractivity contribution in [3.8, 4) is 0 Å². The minimum Gasteiger partial charge on any atom is -0.363 e. The number of imidazole rings is 1. The van der Waals surface area contributed by atoms with E-state index in [1.54, 1.807) is 12.4 Å². The molecule has 4 nitrogen and oxygen atoms in total. The lowest BCUT2D eigenvalue weighted by atomic mass is 10.7. The Hall–Kier alpha value is -1.10. The molecule has 0 aliphatic carbocycles. The van der Waals surface area contributed by atoms with Crippen LogP contribution in [0.2, 0.25) is 0 Å². The van der Waals surface area contributed by atoms with Crippen LogP contribution in [-0.4, -0.2) is 21.6 Å². The first-order valence-corrected chi connectivity index (χ1v) is 3.78. The fraction of sp³-hybridized carbons (Fsp3) is 0.333. The summed E-state index contributed by atoms with van der Waals surface area (Å²) in [7, 11) is 0. The topological polar surface area (TPSA) is 52.7 Å². The first kappa shape index (κ1) is 8.00. The molecular formula is C6H10N4S. The fourth-order valence-corrected chi connectivity index (χ4v) is 0.887. The standard InChI is InChI=1S/C6H10N4S/c1-2-7-6(11)10-5-8-3-4-9-5/h3-4H,2H2,1H3,(H3,7,8,9,10,11). The molecule has 5 heteroatoms. The zero-order chi connectivity index (χ0) is 8.10. The molecule has 0 saturated heterocycles. The highest BCUT2D eigenvalue weighted by molar-refractivity contribution is 7.80. The number of anilines is 1. The number of H-pyrrole nitrogens is 1. The van der Waals surface area contributed by atoms with E-state index < -0.39 is 0 Å².